The molecule has 1 aromatic heterocycles. The third-order valence-electron chi connectivity index (χ3n) is 3.92. The van der Waals surface area contributed by atoms with Crippen molar-refractivity contribution in [2.24, 2.45) is 0 Å². The Morgan fingerprint density at radius 2 is 2.21 bits per heavy atom. The van der Waals surface area contributed by atoms with Crippen LogP contribution < -0.4 is 15.8 Å². The van der Waals surface area contributed by atoms with E-state index in [0.717, 1.165) is 5.56 Å². The molecule has 0 saturated heterocycles. The summed E-state index contributed by atoms with van der Waals surface area (Å²) in [5.74, 6) is 0.252. The van der Waals surface area contributed by atoms with Gasteiger partial charge in [-0.25, -0.2) is 0 Å². The Morgan fingerprint density at radius 1 is 1.46 bits per heavy atom. The number of nitrogens with two attached hydrogens (primary N) is 1. The highest BCUT2D eigenvalue weighted by Gasteiger charge is 2.35. The molecule has 2 heterocycles. The van der Waals surface area contributed by atoms with Crippen LogP contribution in [0.2, 0.25) is 0 Å². The standard InChI is InChI=1S/C16H18N4O4/c1-16(2)7-13(11-5-9(17)3-4-14(11)24-16)19-15(21)12-6-10(8-18-12)20(22)23/h3-6,8,13,18H,7,17H2,1-2H3,(H,19,21). The van der Waals surface area contributed by atoms with Crippen molar-refractivity contribution in [3.63, 3.8) is 0 Å². The zero-order chi connectivity index (χ0) is 17.5. The van der Waals surface area contributed by atoms with Gasteiger partial charge < -0.3 is 20.8 Å². The predicted octanol–water partition coefficient (Wildman–Crippen LogP) is 2.54. The molecule has 126 valence electrons. The van der Waals surface area contributed by atoms with Crippen molar-refractivity contribution in [3.05, 3.63) is 51.8 Å². The Balaban J connectivity index is 1.87. The first-order chi connectivity index (χ1) is 11.2. The lowest BCUT2D eigenvalue weighted by Crippen LogP contribution is -2.41. The summed E-state index contributed by atoms with van der Waals surface area (Å²) in [6, 6.07) is 6.20. The smallest absolute Gasteiger partial charge is 0.287 e. The van der Waals surface area contributed by atoms with Gasteiger partial charge in [0.2, 0.25) is 0 Å². The van der Waals surface area contributed by atoms with E-state index in [1.807, 2.05) is 13.8 Å². The van der Waals surface area contributed by atoms with E-state index in [-0.39, 0.29) is 17.4 Å². The zero-order valence-corrected chi connectivity index (χ0v) is 13.3. The molecule has 1 atom stereocenters. The number of ether oxygens (including phenoxy) is 1. The molecule has 1 aliphatic heterocycles. The van der Waals surface area contributed by atoms with E-state index in [1.165, 1.54) is 12.3 Å². The number of amides is 1. The number of carbonyl (C=O) groups is 1. The summed E-state index contributed by atoms with van der Waals surface area (Å²) in [5, 5.41) is 13.6. The van der Waals surface area contributed by atoms with E-state index >= 15 is 0 Å². The van der Waals surface area contributed by atoms with Crippen molar-refractivity contribution in [1.29, 1.82) is 0 Å². The van der Waals surface area contributed by atoms with Gasteiger partial charge in [0.1, 0.15) is 17.0 Å². The number of carbonyl (C=O) groups excluding carboxylic acids is 1. The van der Waals surface area contributed by atoms with Crippen LogP contribution in [0, 0.1) is 10.1 Å². The number of hydrogen-bond donors (Lipinski definition) is 3. The number of aromatic nitrogens is 1. The topological polar surface area (TPSA) is 123 Å². The molecule has 1 unspecified atom stereocenters. The number of aromatic amines is 1. The molecule has 1 amide bonds. The highest BCUT2D eigenvalue weighted by molar-refractivity contribution is 5.93. The van der Waals surface area contributed by atoms with Gasteiger partial charge in [-0.05, 0) is 32.0 Å². The minimum atomic E-state index is -0.555. The van der Waals surface area contributed by atoms with Gasteiger partial charge in [-0.1, -0.05) is 0 Å². The minimum absolute atomic E-state index is 0.136. The largest absolute Gasteiger partial charge is 0.487 e. The van der Waals surface area contributed by atoms with E-state index in [4.69, 9.17) is 10.5 Å². The van der Waals surface area contributed by atoms with Crippen LogP contribution in [0.1, 0.15) is 42.4 Å². The maximum Gasteiger partial charge on any atom is 0.287 e. The summed E-state index contributed by atoms with van der Waals surface area (Å²) in [7, 11) is 0. The van der Waals surface area contributed by atoms with Crippen LogP contribution in [-0.4, -0.2) is 21.4 Å². The number of nitrogens with zero attached hydrogens (tertiary/aromatic N) is 1. The number of nitrogens with one attached hydrogen (secondary N) is 2. The molecule has 0 aliphatic carbocycles. The van der Waals surface area contributed by atoms with E-state index in [0.29, 0.717) is 17.9 Å². The lowest BCUT2D eigenvalue weighted by molar-refractivity contribution is -0.384. The number of nitro groups is 1. The molecule has 24 heavy (non-hydrogen) atoms. The van der Waals surface area contributed by atoms with Crippen LogP contribution in [0.25, 0.3) is 0 Å². The molecule has 8 nitrogen and oxygen atoms in total. The summed E-state index contributed by atoms with van der Waals surface area (Å²) >= 11 is 0. The van der Waals surface area contributed by atoms with Crippen molar-refractivity contribution in [3.8, 4) is 5.75 Å². The number of rotatable bonds is 3. The Morgan fingerprint density at radius 3 is 2.88 bits per heavy atom. The van der Waals surface area contributed by atoms with Gasteiger partial charge in [0.15, 0.2) is 0 Å². The molecule has 0 radical (unpaired) electrons. The van der Waals surface area contributed by atoms with E-state index in [1.54, 1.807) is 18.2 Å². The fraction of sp³-hybridized carbons (Fsp3) is 0.312. The normalized spacial score (nSPS) is 18.3. The molecular weight excluding hydrogens is 312 g/mol. The van der Waals surface area contributed by atoms with Gasteiger partial charge in [0, 0.05) is 23.7 Å². The lowest BCUT2D eigenvalue weighted by atomic mass is 9.89. The number of benzene rings is 1. The highest BCUT2D eigenvalue weighted by atomic mass is 16.6. The number of hydrogen-bond acceptors (Lipinski definition) is 5. The maximum atomic E-state index is 12.4. The van der Waals surface area contributed by atoms with E-state index < -0.39 is 16.4 Å². The second kappa shape index (κ2) is 5.55. The second-order valence-corrected chi connectivity index (χ2v) is 6.42. The van der Waals surface area contributed by atoms with Crippen LogP contribution in [-0.2, 0) is 0 Å². The Hall–Kier alpha value is -3.03. The molecule has 0 bridgehead atoms. The molecule has 0 saturated carbocycles. The first-order valence-electron chi connectivity index (χ1n) is 7.47. The monoisotopic (exact) mass is 330 g/mol. The molecule has 8 heteroatoms. The summed E-state index contributed by atoms with van der Waals surface area (Å²) in [5.41, 5.74) is 6.74. The average molecular weight is 330 g/mol. The molecule has 4 N–H and O–H groups in total. The van der Waals surface area contributed by atoms with E-state index in [2.05, 4.69) is 10.3 Å². The van der Waals surface area contributed by atoms with Crippen molar-refractivity contribution in [1.82, 2.24) is 10.3 Å². The van der Waals surface area contributed by atoms with Crippen LogP contribution in [0.5, 0.6) is 5.75 Å². The fourth-order valence-corrected chi connectivity index (χ4v) is 2.86. The van der Waals surface area contributed by atoms with Gasteiger partial charge in [0.05, 0.1) is 17.2 Å². The Bertz CT molecular complexity index is 812. The maximum absolute atomic E-state index is 12.4. The SMILES string of the molecule is CC1(C)CC(NC(=O)c2cc([N+](=O)[O-])c[nH]2)c2cc(N)ccc2O1. The van der Waals surface area contributed by atoms with Crippen LogP contribution in [0.15, 0.2) is 30.5 Å². The Labute approximate surface area is 138 Å². The predicted molar refractivity (Wildman–Crippen MR) is 87.8 cm³/mol. The number of anilines is 1. The van der Waals surface area contributed by atoms with E-state index in [9.17, 15) is 14.9 Å². The van der Waals surface area contributed by atoms with Gasteiger partial charge in [-0.15, -0.1) is 0 Å². The average Bonchev–Trinajstić information content (AvgIpc) is 2.97. The number of nitrogen functional groups attached to an aromatic ring is 1. The first-order valence-corrected chi connectivity index (χ1v) is 7.47. The van der Waals surface area contributed by atoms with Crippen LogP contribution in [0.4, 0.5) is 11.4 Å². The molecule has 0 spiro atoms. The van der Waals surface area contributed by atoms with Crippen LogP contribution >= 0.6 is 0 Å². The second-order valence-electron chi connectivity index (χ2n) is 6.42. The number of H-pyrrole nitrogens is 1. The Kier molecular flexibility index (Phi) is 3.67. The van der Waals surface area contributed by atoms with Gasteiger partial charge in [-0.2, -0.15) is 0 Å². The molecule has 1 aliphatic rings. The first kappa shape index (κ1) is 15.9. The van der Waals surface area contributed by atoms with Crippen molar-refractivity contribution >= 4 is 17.3 Å². The summed E-state index contributed by atoms with van der Waals surface area (Å²) in [6.45, 7) is 3.87. The van der Waals surface area contributed by atoms with Crippen molar-refractivity contribution < 1.29 is 14.5 Å². The quantitative estimate of drug-likeness (QED) is 0.453. The molecular formula is C16H18N4O4. The van der Waals surface area contributed by atoms with Gasteiger partial charge >= 0.3 is 0 Å². The minimum Gasteiger partial charge on any atom is -0.487 e. The highest BCUT2D eigenvalue weighted by Crippen LogP contribution is 2.40. The summed E-state index contributed by atoms with van der Waals surface area (Å²) < 4.78 is 5.92. The third-order valence-corrected chi connectivity index (χ3v) is 3.92. The third kappa shape index (κ3) is 3.03. The summed E-state index contributed by atoms with van der Waals surface area (Å²) in [4.78, 5) is 25.2. The van der Waals surface area contributed by atoms with Crippen molar-refractivity contribution in [2.45, 2.75) is 31.9 Å². The number of fused-ring (bicyclic) bond motifs is 1. The fourth-order valence-electron chi connectivity index (χ4n) is 2.86. The van der Waals surface area contributed by atoms with Crippen molar-refractivity contribution in [2.75, 3.05) is 5.73 Å². The van der Waals surface area contributed by atoms with Gasteiger partial charge in [-0.3, -0.25) is 14.9 Å². The molecule has 2 aromatic rings. The van der Waals surface area contributed by atoms with Gasteiger partial charge in [0.25, 0.3) is 11.6 Å². The zero-order valence-electron chi connectivity index (χ0n) is 13.3. The molecule has 0 fully saturated rings. The molecule has 3 rings (SSSR count). The summed E-state index contributed by atoms with van der Waals surface area (Å²) in [6.07, 6.45) is 1.74. The molecule has 1 aromatic carbocycles. The van der Waals surface area contributed by atoms with Crippen LogP contribution in [0.3, 0.4) is 0 Å². The lowest BCUT2D eigenvalue weighted by Gasteiger charge is -2.38.